The van der Waals surface area contributed by atoms with Crippen molar-refractivity contribution in [3.63, 3.8) is 0 Å². The third kappa shape index (κ3) is 3.84. The van der Waals surface area contributed by atoms with Crippen LogP contribution in [0.4, 0.5) is 24.7 Å². The normalized spacial score (nSPS) is 11.2. The average Bonchev–Trinajstić information content (AvgIpc) is 2.99. The van der Waals surface area contributed by atoms with Gasteiger partial charge in [-0.3, -0.25) is 4.40 Å². The number of halogens is 3. The molecule has 29 heavy (non-hydrogen) atoms. The van der Waals surface area contributed by atoms with Crippen LogP contribution in [0.25, 0.3) is 17.0 Å². The maximum atomic E-state index is 13.7. The van der Waals surface area contributed by atoms with Gasteiger partial charge in [0.15, 0.2) is 0 Å². The van der Waals surface area contributed by atoms with Crippen LogP contribution in [0.5, 0.6) is 5.88 Å². The largest absolute Gasteiger partial charge is 0.417 e. The van der Waals surface area contributed by atoms with E-state index >= 15 is 0 Å². The fourth-order valence-electron chi connectivity index (χ4n) is 3.07. The number of aromatic nitrogens is 4. The molecule has 0 saturated carbocycles. The molecule has 0 fully saturated rings. The molecule has 0 aliphatic heterocycles. The first-order chi connectivity index (χ1) is 13.9. The number of imidazole rings is 1. The van der Waals surface area contributed by atoms with Crippen LogP contribution >= 0.6 is 0 Å². The molecule has 4 rings (SSSR count). The molecule has 0 spiro atoms. The van der Waals surface area contributed by atoms with E-state index in [1.54, 1.807) is 41.7 Å². The van der Waals surface area contributed by atoms with Gasteiger partial charge in [0, 0.05) is 11.8 Å². The van der Waals surface area contributed by atoms with Crippen LogP contribution in [0.15, 0.2) is 48.8 Å². The van der Waals surface area contributed by atoms with Crippen LogP contribution in [0.1, 0.15) is 11.3 Å². The van der Waals surface area contributed by atoms with E-state index in [-0.39, 0.29) is 11.7 Å². The molecule has 4 aromatic heterocycles. The summed E-state index contributed by atoms with van der Waals surface area (Å²) >= 11 is 0. The Morgan fingerprint density at radius 2 is 1.93 bits per heavy atom. The summed E-state index contributed by atoms with van der Waals surface area (Å²) in [6.45, 7) is 0.518. The average molecular weight is 399 g/mol. The van der Waals surface area contributed by atoms with Crippen LogP contribution in [0, 0.1) is 19.7 Å². The predicted molar refractivity (Wildman–Crippen MR) is 102 cm³/mol. The van der Waals surface area contributed by atoms with Gasteiger partial charge in [-0.05, 0) is 44.2 Å². The molecule has 9 heteroatoms. The van der Waals surface area contributed by atoms with Crippen molar-refractivity contribution in [2.75, 3.05) is 5.32 Å². The Hall–Kier alpha value is -3.62. The summed E-state index contributed by atoms with van der Waals surface area (Å²) in [5.41, 5.74) is 3.64. The van der Waals surface area contributed by atoms with Gasteiger partial charge < -0.3 is 10.1 Å². The predicted octanol–water partition coefficient (Wildman–Crippen LogP) is 4.89. The van der Waals surface area contributed by atoms with Crippen LogP contribution in [0.2, 0.25) is 0 Å². The number of nitrogens with one attached hydrogen (secondary N) is 1. The molecule has 0 aliphatic carbocycles. The lowest BCUT2D eigenvalue weighted by molar-refractivity contribution is -0.0533. The van der Waals surface area contributed by atoms with E-state index in [1.165, 1.54) is 18.5 Å². The maximum Gasteiger partial charge on any atom is 0.388 e. The number of hydrogen-bond donors (Lipinski definition) is 1. The number of rotatable bonds is 5. The topological polar surface area (TPSA) is 64.3 Å². The second-order valence-corrected chi connectivity index (χ2v) is 6.38. The Bertz CT molecular complexity index is 1190. The van der Waals surface area contributed by atoms with Gasteiger partial charge in [-0.1, -0.05) is 6.07 Å². The Morgan fingerprint density at radius 1 is 1.10 bits per heavy atom. The third-order valence-electron chi connectivity index (χ3n) is 4.25. The summed E-state index contributed by atoms with van der Waals surface area (Å²) in [7, 11) is 0. The minimum Gasteiger partial charge on any atom is -0.417 e. The van der Waals surface area contributed by atoms with E-state index < -0.39 is 6.61 Å². The molecular formula is C20H16F3N5O. The standard InChI is InChI=1S/C20H16F3N5O/c1-11-8-14(9-24-19(11)29-20(22)23)26-16-5-3-4-15(27-16)18-12(2)25-17-7-6-13(21)10-28(17)18/h3-10,20H,1-2H3,(H,26,27). The van der Waals surface area contributed by atoms with Gasteiger partial charge in [-0.2, -0.15) is 8.78 Å². The summed E-state index contributed by atoms with van der Waals surface area (Å²) < 4.78 is 44.5. The highest BCUT2D eigenvalue weighted by molar-refractivity contribution is 5.67. The zero-order valence-electron chi connectivity index (χ0n) is 15.5. The number of fused-ring (bicyclic) bond motifs is 1. The van der Waals surface area contributed by atoms with Gasteiger partial charge in [0.05, 0.1) is 29.0 Å². The van der Waals surface area contributed by atoms with Gasteiger partial charge in [-0.15, -0.1) is 0 Å². The summed E-state index contributed by atoms with van der Waals surface area (Å²) in [5, 5.41) is 3.09. The number of alkyl halides is 2. The molecule has 6 nitrogen and oxygen atoms in total. The SMILES string of the molecule is Cc1cc(Nc2cccc(-c3c(C)nc4ccc(F)cn34)n2)cnc1OC(F)F. The van der Waals surface area contributed by atoms with Crippen molar-refractivity contribution in [3.8, 4) is 17.3 Å². The molecule has 0 aliphatic rings. The van der Waals surface area contributed by atoms with Crippen molar-refractivity contribution >= 4 is 17.2 Å². The van der Waals surface area contributed by atoms with Crippen molar-refractivity contribution in [3.05, 3.63) is 65.9 Å². The van der Waals surface area contributed by atoms with Gasteiger partial charge in [-0.25, -0.2) is 19.3 Å². The van der Waals surface area contributed by atoms with E-state index in [4.69, 9.17) is 0 Å². The molecule has 0 unspecified atom stereocenters. The minimum atomic E-state index is -2.93. The van der Waals surface area contributed by atoms with E-state index in [9.17, 15) is 13.2 Å². The van der Waals surface area contributed by atoms with E-state index in [0.717, 1.165) is 0 Å². The van der Waals surface area contributed by atoms with Gasteiger partial charge in [0.2, 0.25) is 5.88 Å². The van der Waals surface area contributed by atoms with Crippen molar-refractivity contribution in [2.45, 2.75) is 20.5 Å². The first-order valence-corrected chi connectivity index (χ1v) is 8.71. The number of aryl methyl sites for hydroxylation is 2. The lowest BCUT2D eigenvalue weighted by Gasteiger charge is -2.11. The number of anilines is 2. The highest BCUT2D eigenvalue weighted by Gasteiger charge is 2.14. The molecule has 0 saturated heterocycles. The molecule has 0 atom stereocenters. The zero-order chi connectivity index (χ0) is 20.5. The molecule has 4 aromatic rings. The molecule has 0 amide bonds. The van der Waals surface area contributed by atoms with Crippen molar-refractivity contribution in [1.29, 1.82) is 0 Å². The molecule has 1 N–H and O–H groups in total. The smallest absolute Gasteiger partial charge is 0.388 e. The van der Waals surface area contributed by atoms with E-state index in [2.05, 4.69) is 25.0 Å². The Morgan fingerprint density at radius 3 is 2.69 bits per heavy atom. The Balaban J connectivity index is 1.66. The second kappa shape index (κ2) is 7.42. The lowest BCUT2D eigenvalue weighted by Crippen LogP contribution is -2.05. The van der Waals surface area contributed by atoms with Crippen LogP contribution < -0.4 is 10.1 Å². The summed E-state index contributed by atoms with van der Waals surface area (Å²) in [6, 6.07) is 9.95. The van der Waals surface area contributed by atoms with E-state index in [0.29, 0.717) is 39.8 Å². The maximum absolute atomic E-state index is 13.7. The molecule has 4 heterocycles. The fourth-order valence-corrected chi connectivity index (χ4v) is 3.07. The highest BCUT2D eigenvalue weighted by Crippen LogP contribution is 2.26. The minimum absolute atomic E-state index is 0.129. The van der Waals surface area contributed by atoms with Crippen LogP contribution in [-0.2, 0) is 0 Å². The number of ether oxygens (including phenoxy) is 1. The third-order valence-corrected chi connectivity index (χ3v) is 4.25. The number of hydrogen-bond acceptors (Lipinski definition) is 5. The zero-order valence-corrected chi connectivity index (χ0v) is 15.5. The number of nitrogens with zero attached hydrogens (tertiary/aromatic N) is 4. The highest BCUT2D eigenvalue weighted by atomic mass is 19.3. The summed E-state index contributed by atoms with van der Waals surface area (Å²) in [4.78, 5) is 12.9. The fraction of sp³-hybridized carbons (Fsp3) is 0.150. The van der Waals surface area contributed by atoms with Crippen molar-refractivity contribution in [2.24, 2.45) is 0 Å². The molecule has 0 bridgehead atoms. The summed E-state index contributed by atoms with van der Waals surface area (Å²) in [5.74, 6) is 0.00528. The molecule has 0 aromatic carbocycles. The molecule has 0 radical (unpaired) electrons. The molecular weight excluding hydrogens is 383 g/mol. The second-order valence-electron chi connectivity index (χ2n) is 6.38. The van der Waals surface area contributed by atoms with Gasteiger partial charge in [0.1, 0.15) is 17.3 Å². The van der Waals surface area contributed by atoms with Crippen LogP contribution in [0.3, 0.4) is 0 Å². The molecule has 148 valence electrons. The first-order valence-electron chi connectivity index (χ1n) is 8.71. The van der Waals surface area contributed by atoms with Gasteiger partial charge >= 0.3 is 6.61 Å². The first kappa shape index (κ1) is 18.7. The monoisotopic (exact) mass is 399 g/mol. The quantitative estimate of drug-likeness (QED) is 0.518. The van der Waals surface area contributed by atoms with E-state index in [1.807, 2.05) is 6.92 Å². The Kier molecular flexibility index (Phi) is 4.79. The van der Waals surface area contributed by atoms with Crippen molar-refractivity contribution < 1.29 is 17.9 Å². The lowest BCUT2D eigenvalue weighted by atomic mass is 10.2. The van der Waals surface area contributed by atoms with Crippen LogP contribution in [-0.4, -0.2) is 26.0 Å². The Labute approximate surface area is 164 Å². The van der Waals surface area contributed by atoms with Gasteiger partial charge in [0.25, 0.3) is 0 Å². The summed E-state index contributed by atoms with van der Waals surface area (Å²) in [6.07, 6.45) is 2.75. The van der Waals surface area contributed by atoms with Crippen molar-refractivity contribution in [1.82, 2.24) is 19.4 Å². The number of pyridine rings is 3.